The van der Waals surface area contributed by atoms with Gasteiger partial charge in [-0.25, -0.2) is 4.79 Å². The molecule has 0 unspecified atom stereocenters. The first-order valence-corrected chi connectivity index (χ1v) is 6.66. The molecule has 21 heavy (non-hydrogen) atoms. The van der Waals surface area contributed by atoms with Crippen LogP contribution in [0.5, 0.6) is 0 Å². The second-order valence-electron chi connectivity index (χ2n) is 4.82. The molecule has 0 bridgehead atoms. The number of fused-ring (bicyclic) bond motifs is 1. The summed E-state index contributed by atoms with van der Waals surface area (Å²) in [6.45, 7) is 0.0339. The molecule has 1 N–H and O–H groups in total. The summed E-state index contributed by atoms with van der Waals surface area (Å²) < 4.78 is 0. The molecule has 0 saturated carbocycles. The van der Waals surface area contributed by atoms with Gasteiger partial charge in [0.05, 0.1) is 11.4 Å². The Labute approximate surface area is 122 Å². The smallest absolute Gasteiger partial charge is 0.312 e. The molecule has 5 nitrogen and oxygen atoms in total. The van der Waals surface area contributed by atoms with Gasteiger partial charge in [0.1, 0.15) is 6.54 Å². The maximum Gasteiger partial charge on any atom is 0.326 e. The molecule has 1 heterocycles. The highest BCUT2D eigenvalue weighted by molar-refractivity contribution is 6.13. The van der Waals surface area contributed by atoms with Crippen LogP contribution in [0.1, 0.15) is 0 Å². The Morgan fingerprint density at radius 1 is 1.00 bits per heavy atom. The van der Waals surface area contributed by atoms with E-state index in [9.17, 15) is 9.59 Å². The lowest BCUT2D eigenvalue weighted by Gasteiger charge is -2.34. The summed E-state index contributed by atoms with van der Waals surface area (Å²) in [5.41, 5.74) is 2.16. The summed E-state index contributed by atoms with van der Waals surface area (Å²) >= 11 is 0. The molecule has 3 amide bonds. The van der Waals surface area contributed by atoms with E-state index < -0.39 is 0 Å². The van der Waals surface area contributed by atoms with Gasteiger partial charge in [0.2, 0.25) is 5.91 Å². The first-order valence-electron chi connectivity index (χ1n) is 6.66. The van der Waals surface area contributed by atoms with Gasteiger partial charge in [-0.15, -0.1) is 0 Å². The van der Waals surface area contributed by atoms with E-state index in [1.165, 1.54) is 4.90 Å². The van der Waals surface area contributed by atoms with Gasteiger partial charge in [0, 0.05) is 12.7 Å². The molecule has 1 aliphatic heterocycles. The number of nitrogens with zero attached hydrogens (tertiary/aromatic N) is 2. The van der Waals surface area contributed by atoms with Crippen LogP contribution in [0.2, 0.25) is 0 Å². The molecule has 2 aromatic rings. The van der Waals surface area contributed by atoms with Crippen molar-refractivity contribution in [1.29, 1.82) is 0 Å². The number of para-hydroxylation sites is 3. The summed E-state index contributed by atoms with van der Waals surface area (Å²) in [7, 11) is 1.72. The number of carbonyl (C=O) groups is 2. The fourth-order valence-corrected chi connectivity index (χ4v) is 2.33. The fraction of sp³-hybridized carbons (Fsp3) is 0.125. The molecule has 0 radical (unpaired) electrons. The van der Waals surface area contributed by atoms with Gasteiger partial charge >= 0.3 is 6.03 Å². The van der Waals surface area contributed by atoms with E-state index >= 15 is 0 Å². The Morgan fingerprint density at radius 2 is 1.62 bits per heavy atom. The normalized spacial score (nSPS) is 13.9. The molecule has 3 rings (SSSR count). The zero-order valence-electron chi connectivity index (χ0n) is 11.6. The van der Waals surface area contributed by atoms with Gasteiger partial charge in [-0.05, 0) is 24.3 Å². The highest BCUT2D eigenvalue weighted by Gasteiger charge is 2.30. The van der Waals surface area contributed by atoms with E-state index in [0.717, 1.165) is 11.4 Å². The quantitative estimate of drug-likeness (QED) is 0.873. The number of nitrogens with one attached hydrogen (secondary N) is 1. The lowest BCUT2D eigenvalue weighted by atomic mass is 10.2. The molecule has 0 aromatic heterocycles. The predicted molar refractivity (Wildman–Crippen MR) is 82.7 cm³/mol. The topological polar surface area (TPSA) is 52.7 Å². The van der Waals surface area contributed by atoms with Crippen LogP contribution in [0, 0.1) is 0 Å². The first-order chi connectivity index (χ1) is 10.2. The highest BCUT2D eigenvalue weighted by atomic mass is 16.2. The van der Waals surface area contributed by atoms with E-state index in [-0.39, 0.29) is 18.5 Å². The molecular formula is C16H15N3O2. The molecule has 0 spiro atoms. The third kappa shape index (κ3) is 2.45. The van der Waals surface area contributed by atoms with Crippen LogP contribution in [0.4, 0.5) is 21.9 Å². The number of rotatable bonds is 1. The van der Waals surface area contributed by atoms with Crippen molar-refractivity contribution in [1.82, 2.24) is 0 Å². The van der Waals surface area contributed by atoms with E-state index in [2.05, 4.69) is 5.32 Å². The van der Waals surface area contributed by atoms with Crippen molar-refractivity contribution in [2.24, 2.45) is 0 Å². The van der Waals surface area contributed by atoms with Crippen LogP contribution in [0.25, 0.3) is 0 Å². The van der Waals surface area contributed by atoms with Crippen LogP contribution in [-0.2, 0) is 4.79 Å². The monoisotopic (exact) mass is 281 g/mol. The van der Waals surface area contributed by atoms with Crippen molar-refractivity contribution in [2.75, 3.05) is 28.7 Å². The second-order valence-corrected chi connectivity index (χ2v) is 4.82. The average Bonchev–Trinajstić information content (AvgIpc) is 2.52. The van der Waals surface area contributed by atoms with Gasteiger partial charge in [-0.3, -0.25) is 9.69 Å². The Hall–Kier alpha value is -2.82. The van der Waals surface area contributed by atoms with Crippen molar-refractivity contribution >= 4 is 29.0 Å². The molecule has 2 aromatic carbocycles. The Kier molecular flexibility index (Phi) is 3.31. The summed E-state index contributed by atoms with van der Waals surface area (Å²) in [4.78, 5) is 27.5. The van der Waals surface area contributed by atoms with E-state index in [1.54, 1.807) is 11.9 Å². The number of hydrogen-bond acceptors (Lipinski definition) is 2. The van der Waals surface area contributed by atoms with Crippen LogP contribution in [0.3, 0.4) is 0 Å². The summed E-state index contributed by atoms with van der Waals surface area (Å²) in [6, 6.07) is 16.2. The van der Waals surface area contributed by atoms with Crippen molar-refractivity contribution in [3.8, 4) is 0 Å². The van der Waals surface area contributed by atoms with Crippen LogP contribution in [0.15, 0.2) is 54.6 Å². The number of hydrogen-bond donors (Lipinski definition) is 1. The molecule has 0 saturated heterocycles. The number of amides is 3. The van der Waals surface area contributed by atoms with Crippen molar-refractivity contribution in [2.45, 2.75) is 0 Å². The van der Waals surface area contributed by atoms with Crippen molar-refractivity contribution in [3.63, 3.8) is 0 Å². The Morgan fingerprint density at radius 3 is 2.33 bits per heavy atom. The average molecular weight is 281 g/mol. The van der Waals surface area contributed by atoms with Gasteiger partial charge in [-0.1, -0.05) is 30.3 Å². The predicted octanol–water partition coefficient (Wildman–Crippen LogP) is 2.70. The zero-order valence-corrected chi connectivity index (χ0v) is 11.6. The number of carbonyl (C=O) groups excluding carboxylic acids is 2. The highest BCUT2D eigenvalue weighted by Crippen LogP contribution is 2.32. The minimum Gasteiger partial charge on any atom is -0.312 e. The summed E-state index contributed by atoms with van der Waals surface area (Å²) in [6.07, 6.45) is 0. The third-order valence-electron chi connectivity index (χ3n) is 3.47. The van der Waals surface area contributed by atoms with Crippen molar-refractivity contribution in [3.05, 3.63) is 54.6 Å². The van der Waals surface area contributed by atoms with E-state index in [4.69, 9.17) is 0 Å². The van der Waals surface area contributed by atoms with Crippen molar-refractivity contribution < 1.29 is 9.59 Å². The lowest BCUT2D eigenvalue weighted by molar-refractivity contribution is -0.117. The van der Waals surface area contributed by atoms with Gasteiger partial charge in [0.25, 0.3) is 0 Å². The van der Waals surface area contributed by atoms with Gasteiger partial charge in [0.15, 0.2) is 0 Å². The summed E-state index contributed by atoms with van der Waals surface area (Å²) in [5.74, 6) is -0.114. The molecule has 0 aliphatic carbocycles. The number of benzene rings is 2. The second kappa shape index (κ2) is 5.28. The molecule has 0 atom stereocenters. The largest absolute Gasteiger partial charge is 0.326 e. The summed E-state index contributed by atoms with van der Waals surface area (Å²) in [5, 5.41) is 2.80. The number of anilines is 3. The minimum absolute atomic E-state index is 0.0339. The standard InChI is InChI=1S/C16H15N3O2/c1-18-13-9-5-6-10-14(13)19(11-15(18)20)16(21)17-12-7-3-2-4-8-12/h2-10H,11H2,1H3,(H,17,21). The SMILES string of the molecule is CN1C(=O)CN(C(=O)Nc2ccccc2)c2ccccc21. The molecular weight excluding hydrogens is 266 g/mol. The minimum atomic E-state index is -0.310. The van der Waals surface area contributed by atoms with E-state index in [0.29, 0.717) is 5.69 Å². The molecule has 1 aliphatic rings. The number of likely N-dealkylation sites (N-methyl/N-ethyl adjacent to an activating group) is 1. The van der Waals surface area contributed by atoms with Crippen LogP contribution >= 0.6 is 0 Å². The lowest BCUT2D eigenvalue weighted by Crippen LogP contribution is -2.48. The first kappa shape index (κ1) is 13.2. The van der Waals surface area contributed by atoms with Gasteiger partial charge in [-0.2, -0.15) is 0 Å². The molecule has 5 heteroatoms. The fourth-order valence-electron chi connectivity index (χ4n) is 2.33. The Balaban J connectivity index is 1.90. The van der Waals surface area contributed by atoms with Crippen LogP contribution < -0.4 is 15.1 Å². The molecule has 0 fully saturated rings. The maximum atomic E-state index is 12.4. The van der Waals surface area contributed by atoms with Gasteiger partial charge < -0.3 is 10.2 Å². The maximum absolute atomic E-state index is 12.4. The third-order valence-corrected chi connectivity index (χ3v) is 3.47. The number of urea groups is 1. The zero-order chi connectivity index (χ0) is 14.8. The molecule has 106 valence electrons. The van der Waals surface area contributed by atoms with E-state index in [1.807, 2.05) is 54.6 Å². The van der Waals surface area contributed by atoms with Crippen LogP contribution in [-0.4, -0.2) is 25.5 Å². The Bertz CT molecular complexity index is 685.